The van der Waals surface area contributed by atoms with E-state index in [0.717, 1.165) is 0 Å². The summed E-state index contributed by atoms with van der Waals surface area (Å²) in [6, 6.07) is 1.74. The summed E-state index contributed by atoms with van der Waals surface area (Å²) in [6.45, 7) is 0. The lowest BCUT2D eigenvalue weighted by atomic mass is 10.7. The second-order valence-electron chi connectivity index (χ2n) is 1.31. The van der Waals surface area contributed by atoms with Gasteiger partial charge in [-0.2, -0.15) is 5.10 Å². The van der Waals surface area contributed by atoms with Crippen molar-refractivity contribution >= 4 is 11.6 Å². The van der Waals surface area contributed by atoms with Crippen LogP contribution in [0.15, 0.2) is 12.3 Å². The van der Waals surface area contributed by atoms with Gasteiger partial charge in [-0.1, -0.05) is 11.6 Å². The minimum atomic E-state index is 0.544. The van der Waals surface area contributed by atoms with Gasteiger partial charge >= 0.3 is 0 Å². The molecule has 0 aliphatic carbocycles. The van der Waals surface area contributed by atoms with E-state index >= 15 is 0 Å². The molecule has 0 bridgehead atoms. The average Bonchev–Trinajstić information content (AvgIpc) is 1.87. The molecule has 0 spiro atoms. The molecule has 1 rings (SSSR count). The highest BCUT2D eigenvalue weighted by atomic mass is 35.5. The van der Waals surface area contributed by atoms with Crippen LogP contribution in [0.3, 0.4) is 0 Å². The third-order valence-electron chi connectivity index (χ3n) is 0.681. The van der Waals surface area contributed by atoms with E-state index in [-0.39, 0.29) is 0 Å². The van der Waals surface area contributed by atoms with Gasteiger partial charge in [0.1, 0.15) is 0 Å². The lowest BCUT2D eigenvalue weighted by Crippen LogP contribution is -1.84. The molecule has 0 amide bonds. The van der Waals surface area contributed by atoms with Gasteiger partial charge in [-0.3, -0.25) is 4.68 Å². The van der Waals surface area contributed by atoms with Crippen molar-refractivity contribution in [1.29, 1.82) is 0 Å². The first kappa shape index (κ1) is 4.65. The van der Waals surface area contributed by atoms with E-state index in [1.807, 2.05) is 7.05 Å². The number of aromatic nitrogens is 2. The number of hydrogen-bond acceptors (Lipinski definition) is 1. The van der Waals surface area contributed by atoms with E-state index in [4.69, 9.17) is 11.6 Å². The maximum Gasteiger partial charge on any atom is 0.151 e. The lowest BCUT2D eigenvalue weighted by molar-refractivity contribution is 0.768. The summed E-state index contributed by atoms with van der Waals surface area (Å²) in [5.41, 5.74) is 0. The van der Waals surface area contributed by atoms with Crippen molar-refractivity contribution in [2.45, 2.75) is 0 Å². The molecule has 1 aromatic rings. The van der Waals surface area contributed by atoms with E-state index in [0.29, 0.717) is 5.15 Å². The Hall–Kier alpha value is -0.500. The minimum absolute atomic E-state index is 0.544. The second-order valence-corrected chi connectivity index (χ2v) is 1.70. The zero-order valence-electron chi connectivity index (χ0n) is 3.93. The van der Waals surface area contributed by atoms with Gasteiger partial charge in [0.15, 0.2) is 5.15 Å². The summed E-state index contributed by atoms with van der Waals surface area (Å²) >= 11 is 5.43. The number of halogens is 1. The first-order chi connectivity index (χ1) is 3.29. The molecule has 0 saturated heterocycles. The van der Waals surface area contributed by atoms with Gasteiger partial charge in [0, 0.05) is 13.2 Å². The SMILES string of the molecule is Cn1ccc(Cl)n1. The number of hydrogen-bond donors (Lipinski definition) is 0. The van der Waals surface area contributed by atoms with Crippen LogP contribution in [-0.4, -0.2) is 9.78 Å². The maximum absolute atomic E-state index is 5.43. The highest BCUT2D eigenvalue weighted by Crippen LogP contribution is 1.99. The highest BCUT2D eigenvalue weighted by Gasteiger charge is 1.84. The van der Waals surface area contributed by atoms with Crippen molar-refractivity contribution in [1.82, 2.24) is 9.78 Å². The molecule has 0 unspecified atom stereocenters. The summed E-state index contributed by atoms with van der Waals surface area (Å²) in [5.74, 6) is 0. The van der Waals surface area contributed by atoms with Crippen LogP contribution in [0.5, 0.6) is 0 Å². The smallest absolute Gasteiger partial charge is 0.151 e. The Morgan fingerprint density at radius 2 is 2.57 bits per heavy atom. The Labute approximate surface area is 46.7 Å². The fourth-order valence-corrected chi connectivity index (χ4v) is 0.562. The number of rotatable bonds is 0. The summed E-state index contributed by atoms with van der Waals surface area (Å²) in [7, 11) is 1.83. The largest absolute Gasteiger partial charge is 0.274 e. The van der Waals surface area contributed by atoms with Crippen LogP contribution in [0, 0.1) is 0 Å². The maximum atomic E-state index is 5.43. The fraction of sp³-hybridized carbons (Fsp3) is 0.250. The molecule has 1 aromatic heterocycles. The summed E-state index contributed by atoms with van der Waals surface area (Å²) in [6.07, 6.45) is 1.79. The molecular weight excluding hydrogens is 112 g/mol. The van der Waals surface area contributed by atoms with E-state index in [1.54, 1.807) is 16.9 Å². The zero-order chi connectivity index (χ0) is 5.28. The Morgan fingerprint density at radius 1 is 1.86 bits per heavy atom. The normalized spacial score (nSPS) is 9.43. The van der Waals surface area contributed by atoms with Gasteiger partial charge < -0.3 is 0 Å². The molecule has 0 radical (unpaired) electrons. The van der Waals surface area contributed by atoms with Crippen molar-refractivity contribution in [2.24, 2.45) is 7.05 Å². The topological polar surface area (TPSA) is 17.8 Å². The summed E-state index contributed by atoms with van der Waals surface area (Å²) < 4.78 is 1.66. The zero-order valence-corrected chi connectivity index (χ0v) is 4.68. The molecule has 0 N–H and O–H groups in total. The van der Waals surface area contributed by atoms with Crippen LogP contribution >= 0.6 is 11.6 Å². The van der Waals surface area contributed by atoms with Gasteiger partial charge in [0.2, 0.25) is 0 Å². The minimum Gasteiger partial charge on any atom is -0.274 e. The predicted octanol–water partition coefficient (Wildman–Crippen LogP) is 1.07. The van der Waals surface area contributed by atoms with Gasteiger partial charge in [-0.25, -0.2) is 0 Å². The third-order valence-corrected chi connectivity index (χ3v) is 0.883. The molecule has 1 heterocycles. The number of nitrogens with zero attached hydrogens (tertiary/aromatic N) is 2. The molecule has 38 valence electrons. The van der Waals surface area contributed by atoms with Crippen molar-refractivity contribution in [3.05, 3.63) is 17.4 Å². The van der Waals surface area contributed by atoms with Crippen molar-refractivity contribution in [3.8, 4) is 0 Å². The Kier molecular flexibility index (Phi) is 1.02. The summed E-state index contributed by atoms with van der Waals surface area (Å²) in [5, 5.41) is 4.34. The Balaban J connectivity index is 3.04. The van der Waals surface area contributed by atoms with Gasteiger partial charge in [-0.15, -0.1) is 0 Å². The quantitative estimate of drug-likeness (QED) is 0.496. The highest BCUT2D eigenvalue weighted by molar-refractivity contribution is 6.29. The summed E-state index contributed by atoms with van der Waals surface area (Å²) in [4.78, 5) is 0. The first-order valence-corrected chi connectivity index (χ1v) is 2.32. The van der Waals surface area contributed by atoms with E-state index in [9.17, 15) is 0 Å². The Bertz CT molecular complexity index is 142. The molecule has 0 aliphatic rings. The molecule has 2 nitrogen and oxygen atoms in total. The average molecular weight is 117 g/mol. The van der Waals surface area contributed by atoms with Gasteiger partial charge in [0.05, 0.1) is 0 Å². The molecule has 0 atom stereocenters. The molecule has 0 fully saturated rings. The van der Waals surface area contributed by atoms with Crippen molar-refractivity contribution in [3.63, 3.8) is 0 Å². The fourth-order valence-electron chi connectivity index (χ4n) is 0.387. The van der Waals surface area contributed by atoms with E-state index in [1.165, 1.54) is 0 Å². The monoisotopic (exact) mass is 116 g/mol. The van der Waals surface area contributed by atoms with Crippen LogP contribution in [0.1, 0.15) is 0 Å². The van der Waals surface area contributed by atoms with E-state index in [2.05, 4.69) is 5.10 Å². The van der Waals surface area contributed by atoms with Crippen LogP contribution in [0.2, 0.25) is 5.15 Å². The molecule has 0 saturated carbocycles. The van der Waals surface area contributed by atoms with Crippen molar-refractivity contribution in [2.75, 3.05) is 0 Å². The van der Waals surface area contributed by atoms with E-state index < -0.39 is 0 Å². The van der Waals surface area contributed by atoms with Crippen LogP contribution in [0.4, 0.5) is 0 Å². The predicted molar refractivity (Wildman–Crippen MR) is 28.2 cm³/mol. The third kappa shape index (κ3) is 0.933. The van der Waals surface area contributed by atoms with Gasteiger partial charge in [0.25, 0.3) is 0 Å². The molecule has 0 aliphatic heterocycles. The lowest BCUT2D eigenvalue weighted by Gasteiger charge is -1.78. The van der Waals surface area contributed by atoms with Gasteiger partial charge in [-0.05, 0) is 6.07 Å². The standard InChI is InChI=1S/C4H5ClN2/c1-7-3-2-4(5)6-7/h2-3H,1H3. The van der Waals surface area contributed by atoms with Crippen LogP contribution in [-0.2, 0) is 7.05 Å². The molecular formula is C4H5ClN2. The van der Waals surface area contributed by atoms with Crippen molar-refractivity contribution < 1.29 is 0 Å². The molecule has 3 heteroatoms. The molecule has 7 heavy (non-hydrogen) atoms. The second kappa shape index (κ2) is 1.54. The molecule has 0 aromatic carbocycles. The van der Waals surface area contributed by atoms with Crippen LogP contribution in [0.25, 0.3) is 0 Å². The Morgan fingerprint density at radius 3 is 2.71 bits per heavy atom. The van der Waals surface area contributed by atoms with Crippen LogP contribution < -0.4 is 0 Å². The first-order valence-electron chi connectivity index (χ1n) is 1.94. The number of aryl methyl sites for hydroxylation is 1.